The van der Waals surface area contributed by atoms with Gasteiger partial charge in [0.25, 0.3) is 0 Å². The van der Waals surface area contributed by atoms with Crippen LogP contribution >= 0.6 is 11.8 Å². The number of aliphatic hydroxyl groups is 1. The zero-order valence-corrected chi connectivity index (χ0v) is 11.3. The standard InChI is InChI=1S/C13H17FO3S/c1-9(6-15)7-18-8-10-3-4-11(14)5-12(10)13(16)17-2/h3-5,9,15H,6-8H2,1-2H3. The Labute approximate surface area is 110 Å². The molecule has 0 fully saturated rings. The number of carbonyl (C=O) groups excluding carboxylic acids is 1. The number of aliphatic hydroxyl groups excluding tert-OH is 1. The van der Waals surface area contributed by atoms with E-state index in [0.29, 0.717) is 5.75 Å². The summed E-state index contributed by atoms with van der Waals surface area (Å²) in [6.07, 6.45) is 0. The van der Waals surface area contributed by atoms with Crippen LogP contribution in [0.4, 0.5) is 4.39 Å². The number of benzene rings is 1. The fourth-order valence-corrected chi connectivity index (χ4v) is 2.49. The number of hydrogen-bond acceptors (Lipinski definition) is 4. The van der Waals surface area contributed by atoms with E-state index in [4.69, 9.17) is 5.11 Å². The first-order valence-electron chi connectivity index (χ1n) is 5.63. The van der Waals surface area contributed by atoms with Crippen molar-refractivity contribution in [1.29, 1.82) is 0 Å². The Morgan fingerprint density at radius 1 is 1.56 bits per heavy atom. The predicted molar refractivity (Wildman–Crippen MR) is 70.2 cm³/mol. The molecule has 0 aliphatic heterocycles. The van der Waals surface area contributed by atoms with Gasteiger partial charge in [-0.2, -0.15) is 11.8 Å². The van der Waals surface area contributed by atoms with Crippen molar-refractivity contribution in [3.8, 4) is 0 Å². The number of carbonyl (C=O) groups is 1. The quantitative estimate of drug-likeness (QED) is 0.808. The molecule has 0 amide bonds. The highest BCUT2D eigenvalue weighted by molar-refractivity contribution is 7.98. The second kappa shape index (κ2) is 7.38. The Kier molecular flexibility index (Phi) is 6.15. The third-order valence-electron chi connectivity index (χ3n) is 2.45. The smallest absolute Gasteiger partial charge is 0.338 e. The summed E-state index contributed by atoms with van der Waals surface area (Å²) in [6, 6.07) is 4.12. The minimum atomic E-state index is -0.527. The van der Waals surface area contributed by atoms with Gasteiger partial charge < -0.3 is 9.84 Å². The minimum Gasteiger partial charge on any atom is -0.465 e. The van der Waals surface area contributed by atoms with Crippen molar-refractivity contribution >= 4 is 17.7 Å². The lowest BCUT2D eigenvalue weighted by Gasteiger charge is -2.10. The third kappa shape index (κ3) is 4.31. The highest BCUT2D eigenvalue weighted by atomic mass is 32.2. The zero-order chi connectivity index (χ0) is 13.5. The largest absolute Gasteiger partial charge is 0.465 e. The molecule has 0 radical (unpaired) electrons. The molecular formula is C13H17FO3S. The maximum absolute atomic E-state index is 13.1. The van der Waals surface area contributed by atoms with Gasteiger partial charge in [-0.15, -0.1) is 0 Å². The molecule has 1 atom stereocenters. The van der Waals surface area contributed by atoms with Gasteiger partial charge in [0, 0.05) is 12.4 Å². The van der Waals surface area contributed by atoms with Gasteiger partial charge in [-0.05, 0) is 29.4 Å². The number of hydrogen-bond donors (Lipinski definition) is 1. The van der Waals surface area contributed by atoms with E-state index >= 15 is 0 Å². The molecule has 5 heteroatoms. The highest BCUT2D eigenvalue weighted by Crippen LogP contribution is 2.20. The Bertz CT molecular complexity index is 409. The molecule has 1 unspecified atom stereocenters. The first-order valence-corrected chi connectivity index (χ1v) is 6.79. The molecule has 0 bridgehead atoms. The molecule has 0 saturated carbocycles. The van der Waals surface area contributed by atoms with Gasteiger partial charge in [-0.1, -0.05) is 13.0 Å². The van der Waals surface area contributed by atoms with Crippen LogP contribution in [0.2, 0.25) is 0 Å². The number of ether oxygens (including phenoxy) is 1. The van der Waals surface area contributed by atoms with E-state index in [1.54, 1.807) is 17.8 Å². The van der Waals surface area contributed by atoms with Crippen LogP contribution in [-0.2, 0) is 10.5 Å². The van der Waals surface area contributed by atoms with Gasteiger partial charge in [0.05, 0.1) is 12.7 Å². The summed E-state index contributed by atoms with van der Waals surface area (Å²) in [5.74, 6) is 0.606. The van der Waals surface area contributed by atoms with E-state index in [9.17, 15) is 9.18 Å². The maximum Gasteiger partial charge on any atom is 0.338 e. The summed E-state index contributed by atoms with van der Waals surface area (Å²) in [4.78, 5) is 11.5. The van der Waals surface area contributed by atoms with E-state index in [1.165, 1.54) is 19.2 Å². The Balaban J connectivity index is 2.72. The van der Waals surface area contributed by atoms with Crippen molar-refractivity contribution in [1.82, 2.24) is 0 Å². The summed E-state index contributed by atoms with van der Waals surface area (Å²) >= 11 is 1.60. The first kappa shape index (κ1) is 15.0. The van der Waals surface area contributed by atoms with Crippen LogP contribution in [0, 0.1) is 11.7 Å². The molecular weight excluding hydrogens is 255 g/mol. The van der Waals surface area contributed by atoms with Crippen LogP contribution in [-0.4, -0.2) is 30.5 Å². The van der Waals surface area contributed by atoms with Crippen molar-refractivity contribution in [3.05, 3.63) is 35.1 Å². The Morgan fingerprint density at radius 2 is 2.28 bits per heavy atom. The maximum atomic E-state index is 13.1. The number of rotatable bonds is 6. The number of thioether (sulfide) groups is 1. The molecule has 100 valence electrons. The van der Waals surface area contributed by atoms with Crippen LogP contribution in [0.5, 0.6) is 0 Å². The van der Waals surface area contributed by atoms with Crippen LogP contribution < -0.4 is 0 Å². The average Bonchev–Trinajstić information content (AvgIpc) is 2.39. The number of halogens is 1. The molecule has 1 rings (SSSR count). The van der Waals surface area contributed by atoms with Crippen LogP contribution in [0.3, 0.4) is 0 Å². The Hall–Kier alpha value is -1.07. The molecule has 0 aliphatic carbocycles. The van der Waals surface area contributed by atoms with E-state index in [-0.39, 0.29) is 18.1 Å². The molecule has 0 aliphatic rings. The molecule has 1 N–H and O–H groups in total. The molecule has 18 heavy (non-hydrogen) atoms. The van der Waals surface area contributed by atoms with Gasteiger partial charge >= 0.3 is 5.97 Å². The Morgan fingerprint density at radius 3 is 2.89 bits per heavy atom. The monoisotopic (exact) mass is 272 g/mol. The topological polar surface area (TPSA) is 46.5 Å². The highest BCUT2D eigenvalue weighted by Gasteiger charge is 2.13. The van der Waals surface area contributed by atoms with Crippen LogP contribution in [0.25, 0.3) is 0 Å². The van der Waals surface area contributed by atoms with Crippen molar-refractivity contribution in [2.45, 2.75) is 12.7 Å². The predicted octanol–water partition coefficient (Wildman–Crippen LogP) is 2.47. The SMILES string of the molecule is COC(=O)c1cc(F)ccc1CSCC(C)CO. The summed E-state index contributed by atoms with van der Waals surface area (Å²) in [6.45, 7) is 2.08. The lowest BCUT2D eigenvalue weighted by molar-refractivity contribution is 0.0599. The van der Waals surface area contributed by atoms with E-state index in [1.807, 2.05) is 6.92 Å². The fourth-order valence-electron chi connectivity index (χ4n) is 1.40. The van der Waals surface area contributed by atoms with E-state index < -0.39 is 11.8 Å². The van der Waals surface area contributed by atoms with Crippen molar-refractivity contribution in [3.63, 3.8) is 0 Å². The van der Waals surface area contributed by atoms with Gasteiger partial charge in [-0.3, -0.25) is 0 Å². The molecule has 0 spiro atoms. The van der Waals surface area contributed by atoms with Gasteiger partial charge in [0.1, 0.15) is 5.82 Å². The molecule has 1 aromatic carbocycles. The summed E-state index contributed by atoms with van der Waals surface area (Å²) in [5, 5.41) is 8.91. The lowest BCUT2D eigenvalue weighted by atomic mass is 10.1. The van der Waals surface area contributed by atoms with Gasteiger partial charge in [-0.25, -0.2) is 9.18 Å². The molecule has 0 saturated heterocycles. The molecule has 3 nitrogen and oxygen atoms in total. The molecule has 0 heterocycles. The van der Waals surface area contributed by atoms with E-state index in [2.05, 4.69) is 4.74 Å². The van der Waals surface area contributed by atoms with Crippen LogP contribution in [0.1, 0.15) is 22.8 Å². The van der Waals surface area contributed by atoms with Crippen LogP contribution in [0.15, 0.2) is 18.2 Å². The van der Waals surface area contributed by atoms with Gasteiger partial charge in [0.2, 0.25) is 0 Å². The second-order valence-corrected chi connectivity index (χ2v) is 5.13. The lowest BCUT2D eigenvalue weighted by Crippen LogP contribution is -2.07. The normalized spacial score (nSPS) is 12.2. The minimum absolute atomic E-state index is 0.139. The zero-order valence-electron chi connectivity index (χ0n) is 10.5. The fraction of sp³-hybridized carbons (Fsp3) is 0.462. The third-order valence-corrected chi connectivity index (χ3v) is 3.77. The second-order valence-electron chi connectivity index (χ2n) is 4.10. The van der Waals surface area contributed by atoms with E-state index in [0.717, 1.165) is 11.3 Å². The molecule has 0 aromatic heterocycles. The van der Waals surface area contributed by atoms with Crippen molar-refractivity contribution < 1.29 is 19.0 Å². The van der Waals surface area contributed by atoms with Gasteiger partial charge in [0.15, 0.2) is 0 Å². The summed E-state index contributed by atoms with van der Waals surface area (Å²) in [5.41, 5.74) is 1.01. The molecule has 1 aromatic rings. The summed E-state index contributed by atoms with van der Waals surface area (Å²) < 4.78 is 17.7. The van der Waals surface area contributed by atoms with Crippen molar-refractivity contribution in [2.24, 2.45) is 5.92 Å². The average molecular weight is 272 g/mol. The number of esters is 1. The number of methoxy groups -OCH3 is 1. The van der Waals surface area contributed by atoms with Crippen molar-refractivity contribution in [2.75, 3.05) is 19.5 Å². The summed E-state index contributed by atoms with van der Waals surface area (Å²) in [7, 11) is 1.28. The first-order chi connectivity index (χ1) is 8.58.